The molecule has 0 saturated carbocycles. The van der Waals surface area contributed by atoms with E-state index in [2.05, 4.69) is 32.9 Å². The van der Waals surface area contributed by atoms with Gasteiger partial charge in [0.15, 0.2) is 0 Å². The van der Waals surface area contributed by atoms with Crippen LogP contribution in [0.15, 0.2) is 48.8 Å². The number of nitrogens with one attached hydrogen (secondary N) is 1. The molecule has 0 bridgehead atoms. The summed E-state index contributed by atoms with van der Waals surface area (Å²) in [5, 5.41) is 2.67. The molecule has 0 spiro atoms. The lowest BCUT2D eigenvalue weighted by molar-refractivity contribution is 0.0642. The summed E-state index contributed by atoms with van der Waals surface area (Å²) in [4.78, 5) is 43.7. The first-order valence-corrected chi connectivity index (χ1v) is 10.4. The summed E-state index contributed by atoms with van der Waals surface area (Å²) in [6, 6.07) is 10.8. The minimum Gasteiger partial charge on any atom is -0.319 e. The number of carbonyl (C=O) groups is 3. The van der Waals surface area contributed by atoms with E-state index in [0.29, 0.717) is 9.21 Å². The van der Waals surface area contributed by atoms with Gasteiger partial charge in [0.2, 0.25) is 0 Å². The minimum atomic E-state index is -0.458. The summed E-state index contributed by atoms with van der Waals surface area (Å²) < 4.78 is 1.49. The first-order chi connectivity index (χ1) is 13.4. The number of carbonyl (C=O) groups excluding carboxylic acids is 3. The summed E-state index contributed by atoms with van der Waals surface area (Å²) >= 11 is 9.17. The molecule has 1 aliphatic rings. The number of amides is 3. The van der Waals surface area contributed by atoms with Crippen LogP contribution >= 0.6 is 45.5 Å². The maximum atomic E-state index is 12.9. The second-order valence-electron chi connectivity index (χ2n) is 5.99. The number of hydrogen-bond acceptors (Lipinski definition) is 5. The van der Waals surface area contributed by atoms with Crippen molar-refractivity contribution >= 4 is 68.9 Å². The summed E-state index contributed by atoms with van der Waals surface area (Å²) in [5.74, 6) is -1.30. The topological polar surface area (TPSA) is 79.4 Å². The largest absolute Gasteiger partial charge is 0.319 e. The van der Waals surface area contributed by atoms with Crippen LogP contribution in [-0.4, -0.2) is 27.6 Å². The van der Waals surface area contributed by atoms with Gasteiger partial charge in [-0.05, 0) is 52.4 Å². The van der Waals surface area contributed by atoms with Crippen molar-refractivity contribution in [3.05, 3.63) is 78.3 Å². The molecule has 0 radical (unpaired) electrons. The van der Waals surface area contributed by atoms with Crippen LogP contribution in [0.3, 0.4) is 0 Å². The number of pyridine rings is 1. The Morgan fingerprint density at radius 2 is 2.00 bits per heavy atom. The summed E-state index contributed by atoms with van der Waals surface area (Å²) in [6.45, 7) is 0.150. The molecule has 1 aromatic carbocycles. The molecule has 2 aromatic heterocycles. The molecule has 3 heterocycles. The minimum absolute atomic E-state index is 0.150. The molecular weight excluding hydrogens is 513 g/mol. The van der Waals surface area contributed by atoms with Gasteiger partial charge in [0, 0.05) is 9.77 Å². The van der Waals surface area contributed by atoms with E-state index in [0.717, 1.165) is 25.4 Å². The van der Waals surface area contributed by atoms with Crippen molar-refractivity contribution in [2.75, 3.05) is 5.32 Å². The molecule has 1 N–H and O–H groups in total. The zero-order valence-electron chi connectivity index (χ0n) is 14.1. The van der Waals surface area contributed by atoms with Crippen molar-refractivity contribution in [2.45, 2.75) is 6.54 Å². The zero-order valence-corrected chi connectivity index (χ0v) is 17.8. The van der Waals surface area contributed by atoms with Crippen LogP contribution in [0.5, 0.6) is 0 Å². The fourth-order valence-corrected chi connectivity index (χ4v) is 4.45. The first kappa shape index (κ1) is 19.0. The third-order valence-electron chi connectivity index (χ3n) is 4.16. The number of hydrogen-bond donors (Lipinski definition) is 1. The van der Waals surface area contributed by atoms with Crippen molar-refractivity contribution in [1.82, 2.24) is 9.88 Å². The van der Waals surface area contributed by atoms with Crippen LogP contribution in [0.25, 0.3) is 0 Å². The van der Waals surface area contributed by atoms with Gasteiger partial charge in [-0.1, -0.05) is 23.7 Å². The number of nitrogens with zero attached hydrogens (tertiary/aromatic N) is 2. The van der Waals surface area contributed by atoms with Crippen LogP contribution in [-0.2, 0) is 6.54 Å². The van der Waals surface area contributed by atoms with E-state index in [9.17, 15) is 14.4 Å². The average molecular weight is 524 g/mol. The van der Waals surface area contributed by atoms with Crippen LogP contribution in [0, 0.1) is 3.57 Å². The highest BCUT2D eigenvalue weighted by atomic mass is 127. The lowest BCUT2D eigenvalue weighted by Gasteiger charge is -2.14. The standard InChI is InChI=1S/C19H11ClIN3O3S/c20-15-5-4-14(28-15)17(25)23-13-8-22-7-12-16(13)19(27)24(18(12)26)9-10-2-1-3-11(21)6-10/h1-8H,9H2,(H,23,25). The van der Waals surface area contributed by atoms with Crippen LogP contribution in [0.4, 0.5) is 5.69 Å². The molecule has 4 rings (SSSR count). The number of halogens is 2. The maximum absolute atomic E-state index is 12.9. The predicted octanol–water partition coefficient (Wildman–Crippen LogP) is 4.45. The number of thiophene rings is 1. The lowest BCUT2D eigenvalue weighted by Crippen LogP contribution is -2.29. The Kier molecular flexibility index (Phi) is 5.17. The number of rotatable bonds is 4. The van der Waals surface area contributed by atoms with E-state index >= 15 is 0 Å². The summed E-state index contributed by atoms with van der Waals surface area (Å²) in [7, 11) is 0. The normalized spacial score (nSPS) is 13.0. The highest BCUT2D eigenvalue weighted by Gasteiger charge is 2.38. The van der Waals surface area contributed by atoms with Crippen molar-refractivity contribution in [3.8, 4) is 0 Å². The van der Waals surface area contributed by atoms with Gasteiger partial charge >= 0.3 is 0 Å². The highest BCUT2D eigenvalue weighted by Crippen LogP contribution is 2.31. The smallest absolute Gasteiger partial charge is 0.265 e. The Morgan fingerprint density at radius 3 is 2.71 bits per heavy atom. The number of aromatic nitrogens is 1. The third kappa shape index (κ3) is 3.54. The Bertz CT molecular complexity index is 1130. The van der Waals surface area contributed by atoms with Gasteiger partial charge in [0.25, 0.3) is 17.7 Å². The van der Waals surface area contributed by atoms with Crippen LogP contribution < -0.4 is 5.32 Å². The number of benzene rings is 1. The van der Waals surface area contributed by atoms with Gasteiger partial charge in [-0.2, -0.15) is 0 Å². The molecule has 3 aromatic rings. The number of anilines is 1. The molecule has 0 saturated heterocycles. The Labute approximate surface area is 182 Å². The SMILES string of the molecule is O=C(Nc1cncc2c1C(=O)N(Cc1cccc(I)c1)C2=O)c1ccc(Cl)s1. The predicted molar refractivity (Wildman–Crippen MR) is 115 cm³/mol. The van der Waals surface area contributed by atoms with Crippen LogP contribution in [0.1, 0.15) is 36.0 Å². The van der Waals surface area contributed by atoms with Gasteiger partial charge in [-0.3, -0.25) is 24.3 Å². The third-order valence-corrected chi connectivity index (χ3v) is 6.06. The molecule has 1 aliphatic heterocycles. The van der Waals surface area contributed by atoms with Gasteiger partial charge in [-0.15, -0.1) is 11.3 Å². The number of imide groups is 1. The van der Waals surface area contributed by atoms with Gasteiger partial charge in [0.05, 0.1) is 38.8 Å². The van der Waals surface area contributed by atoms with E-state index in [4.69, 9.17) is 11.6 Å². The van der Waals surface area contributed by atoms with E-state index < -0.39 is 17.7 Å². The van der Waals surface area contributed by atoms with Crippen molar-refractivity contribution in [3.63, 3.8) is 0 Å². The second kappa shape index (κ2) is 7.61. The molecule has 3 amide bonds. The molecule has 0 unspecified atom stereocenters. The van der Waals surface area contributed by atoms with E-state index in [1.54, 1.807) is 12.1 Å². The highest BCUT2D eigenvalue weighted by molar-refractivity contribution is 14.1. The summed E-state index contributed by atoms with van der Waals surface area (Å²) in [6.07, 6.45) is 2.72. The fourth-order valence-electron chi connectivity index (χ4n) is 2.90. The van der Waals surface area contributed by atoms with Crippen molar-refractivity contribution in [2.24, 2.45) is 0 Å². The van der Waals surface area contributed by atoms with E-state index in [1.165, 1.54) is 12.4 Å². The van der Waals surface area contributed by atoms with Gasteiger partial charge < -0.3 is 5.32 Å². The lowest BCUT2D eigenvalue weighted by atomic mass is 10.1. The molecule has 28 heavy (non-hydrogen) atoms. The fraction of sp³-hybridized carbons (Fsp3) is 0.0526. The van der Waals surface area contributed by atoms with Crippen molar-refractivity contribution < 1.29 is 14.4 Å². The van der Waals surface area contributed by atoms with Gasteiger partial charge in [-0.25, -0.2) is 0 Å². The molecule has 9 heteroatoms. The van der Waals surface area contributed by atoms with Crippen molar-refractivity contribution in [1.29, 1.82) is 0 Å². The summed E-state index contributed by atoms with van der Waals surface area (Å²) in [5.41, 5.74) is 1.38. The average Bonchev–Trinajstić information content (AvgIpc) is 3.20. The Morgan fingerprint density at radius 1 is 1.18 bits per heavy atom. The Hall–Kier alpha value is -2.30. The zero-order chi connectivity index (χ0) is 19.8. The van der Waals surface area contributed by atoms with E-state index in [1.807, 2.05) is 24.3 Å². The maximum Gasteiger partial charge on any atom is 0.265 e. The quantitative estimate of drug-likeness (QED) is 0.405. The monoisotopic (exact) mass is 523 g/mol. The molecule has 140 valence electrons. The van der Waals surface area contributed by atoms with Gasteiger partial charge in [0.1, 0.15) is 0 Å². The molecule has 0 aliphatic carbocycles. The molecule has 0 fully saturated rings. The second-order valence-corrected chi connectivity index (χ2v) is 8.95. The first-order valence-electron chi connectivity index (χ1n) is 8.09. The molecule has 0 atom stereocenters. The number of fused-ring (bicyclic) bond motifs is 1. The van der Waals surface area contributed by atoms with E-state index in [-0.39, 0.29) is 23.4 Å². The Balaban J connectivity index is 1.63. The molecule has 6 nitrogen and oxygen atoms in total. The van der Waals surface area contributed by atoms with Crippen LogP contribution in [0.2, 0.25) is 4.34 Å². The molecular formula is C19H11ClIN3O3S.